The molecule has 1 amide bonds. The fourth-order valence-electron chi connectivity index (χ4n) is 2.22. The molecule has 7 heteroatoms. The van der Waals surface area contributed by atoms with Gasteiger partial charge >= 0.3 is 0 Å². The molecule has 23 heavy (non-hydrogen) atoms. The molecule has 0 saturated heterocycles. The molecule has 0 bridgehead atoms. The molecule has 0 radical (unpaired) electrons. The number of aromatic nitrogens is 5. The Morgan fingerprint density at radius 3 is 2.70 bits per heavy atom. The van der Waals surface area contributed by atoms with Crippen LogP contribution in [-0.2, 0) is 11.2 Å². The quantitative estimate of drug-likeness (QED) is 0.771. The molecule has 3 rings (SSSR count). The monoisotopic (exact) mass is 308 g/mol. The predicted molar refractivity (Wildman–Crippen MR) is 83.7 cm³/mol. The Bertz CT molecular complexity index is 755. The van der Waals surface area contributed by atoms with E-state index in [2.05, 4.69) is 25.4 Å². The van der Waals surface area contributed by atoms with Gasteiger partial charge < -0.3 is 5.32 Å². The van der Waals surface area contributed by atoms with Crippen molar-refractivity contribution in [1.82, 2.24) is 30.0 Å². The van der Waals surface area contributed by atoms with E-state index in [-0.39, 0.29) is 18.4 Å². The lowest BCUT2D eigenvalue weighted by molar-refractivity contribution is -0.121. The maximum Gasteiger partial charge on any atom is 0.226 e. The molecule has 0 aliphatic heterocycles. The summed E-state index contributed by atoms with van der Waals surface area (Å²) < 4.78 is 1.68. The van der Waals surface area contributed by atoms with Gasteiger partial charge in [0.2, 0.25) is 5.91 Å². The summed E-state index contributed by atoms with van der Waals surface area (Å²) in [6, 6.07) is 7.71. The zero-order chi connectivity index (χ0) is 16.1. The molecule has 0 unspecified atom stereocenters. The second-order valence-corrected chi connectivity index (χ2v) is 5.09. The third-order valence-electron chi connectivity index (χ3n) is 3.41. The third kappa shape index (κ3) is 3.76. The minimum atomic E-state index is -0.0935. The highest BCUT2D eigenvalue weighted by Crippen LogP contribution is 2.15. The van der Waals surface area contributed by atoms with E-state index < -0.39 is 0 Å². The largest absolute Gasteiger partial charge is 0.349 e. The summed E-state index contributed by atoms with van der Waals surface area (Å²) in [6.07, 6.45) is 8.10. The number of hydrogen-bond acceptors (Lipinski definition) is 5. The summed E-state index contributed by atoms with van der Waals surface area (Å²) in [5, 5.41) is 7.04. The summed E-state index contributed by atoms with van der Waals surface area (Å²) in [6.45, 7) is 1.94. The number of nitrogens with zero attached hydrogens (tertiary/aromatic N) is 5. The van der Waals surface area contributed by atoms with Gasteiger partial charge in [-0.15, -0.1) is 0 Å². The van der Waals surface area contributed by atoms with Gasteiger partial charge in [-0.2, -0.15) is 5.10 Å². The van der Waals surface area contributed by atoms with Crippen molar-refractivity contribution in [2.45, 2.75) is 19.4 Å². The van der Waals surface area contributed by atoms with Crippen LogP contribution in [0.1, 0.15) is 24.2 Å². The summed E-state index contributed by atoms with van der Waals surface area (Å²) in [5.41, 5.74) is 2.59. The lowest BCUT2D eigenvalue weighted by Crippen LogP contribution is -2.28. The first-order valence-electron chi connectivity index (χ1n) is 7.21. The Labute approximate surface area is 133 Å². The lowest BCUT2D eigenvalue weighted by Gasteiger charge is -2.14. The average molecular weight is 308 g/mol. The second kappa shape index (κ2) is 6.78. The van der Waals surface area contributed by atoms with E-state index in [1.54, 1.807) is 29.6 Å². The van der Waals surface area contributed by atoms with E-state index in [0.717, 1.165) is 11.3 Å². The van der Waals surface area contributed by atoms with Gasteiger partial charge in [0.05, 0.1) is 23.8 Å². The highest BCUT2D eigenvalue weighted by molar-refractivity contribution is 5.78. The first-order valence-corrected chi connectivity index (χ1v) is 7.21. The van der Waals surface area contributed by atoms with Gasteiger partial charge in [-0.05, 0) is 24.6 Å². The standard InChI is InChI=1S/C16H16N6O/c1-12(21-16(23)8-14-9-17-6-7-19-14)13-2-4-15(5-3-13)22-11-18-10-20-22/h2-7,9-12H,8H2,1H3,(H,21,23)/t12-/m0/s1. The zero-order valence-corrected chi connectivity index (χ0v) is 12.6. The average Bonchev–Trinajstić information content (AvgIpc) is 3.10. The highest BCUT2D eigenvalue weighted by atomic mass is 16.1. The van der Waals surface area contributed by atoms with E-state index in [1.807, 2.05) is 31.2 Å². The topological polar surface area (TPSA) is 85.6 Å². The zero-order valence-electron chi connectivity index (χ0n) is 12.6. The van der Waals surface area contributed by atoms with Crippen LogP contribution in [0.2, 0.25) is 0 Å². The van der Waals surface area contributed by atoms with E-state index >= 15 is 0 Å². The first-order chi connectivity index (χ1) is 11.2. The molecule has 3 aromatic rings. The number of benzene rings is 1. The molecule has 0 aliphatic carbocycles. The fourth-order valence-corrected chi connectivity index (χ4v) is 2.22. The smallest absolute Gasteiger partial charge is 0.226 e. The number of carbonyl (C=O) groups excluding carboxylic acids is 1. The number of nitrogens with one attached hydrogen (secondary N) is 1. The number of hydrogen-bond donors (Lipinski definition) is 1. The van der Waals surface area contributed by atoms with E-state index in [0.29, 0.717) is 5.69 Å². The number of carbonyl (C=O) groups is 1. The molecule has 0 aliphatic rings. The maximum absolute atomic E-state index is 12.0. The summed E-state index contributed by atoms with van der Waals surface area (Å²) in [7, 11) is 0. The van der Waals surface area contributed by atoms with Crippen molar-refractivity contribution in [2.24, 2.45) is 0 Å². The molecular formula is C16H16N6O. The van der Waals surface area contributed by atoms with Gasteiger partial charge in [-0.3, -0.25) is 14.8 Å². The molecule has 1 atom stereocenters. The SMILES string of the molecule is C[C@H](NC(=O)Cc1cnccn1)c1ccc(-n2cncn2)cc1. The predicted octanol–water partition coefficient (Wildman–Crippen LogP) is 1.48. The minimum absolute atomic E-state index is 0.0849. The van der Waals surface area contributed by atoms with Gasteiger partial charge in [0.25, 0.3) is 0 Å². The first kappa shape index (κ1) is 14.8. The second-order valence-electron chi connectivity index (χ2n) is 5.09. The van der Waals surface area contributed by atoms with Gasteiger partial charge in [0.1, 0.15) is 12.7 Å². The Morgan fingerprint density at radius 1 is 1.22 bits per heavy atom. The summed E-state index contributed by atoms with van der Waals surface area (Å²) >= 11 is 0. The van der Waals surface area contributed by atoms with E-state index in [1.165, 1.54) is 6.33 Å². The van der Waals surface area contributed by atoms with Crippen LogP contribution in [0.15, 0.2) is 55.5 Å². The molecule has 1 N–H and O–H groups in total. The van der Waals surface area contributed by atoms with Crippen LogP contribution in [0, 0.1) is 0 Å². The third-order valence-corrected chi connectivity index (χ3v) is 3.41. The molecule has 1 aromatic carbocycles. The van der Waals surface area contributed by atoms with Crippen molar-refractivity contribution in [1.29, 1.82) is 0 Å². The van der Waals surface area contributed by atoms with Gasteiger partial charge in [0, 0.05) is 18.6 Å². The van der Waals surface area contributed by atoms with Crippen molar-refractivity contribution in [3.05, 3.63) is 66.8 Å². The van der Waals surface area contributed by atoms with E-state index in [4.69, 9.17) is 0 Å². The van der Waals surface area contributed by atoms with Crippen molar-refractivity contribution < 1.29 is 4.79 Å². The van der Waals surface area contributed by atoms with Crippen molar-refractivity contribution >= 4 is 5.91 Å². The van der Waals surface area contributed by atoms with Crippen LogP contribution in [0.3, 0.4) is 0 Å². The van der Waals surface area contributed by atoms with Gasteiger partial charge in [-0.25, -0.2) is 9.67 Å². The molecule has 0 saturated carbocycles. The maximum atomic E-state index is 12.0. The number of amides is 1. The fraction of sp³-hybridized carbons (Fsp3) is 0.188. The van der Waals surface area contributed by atoms with Crippen LogP contribution >= 0.6 is 0 Å². The Morgan fingerprint density at radius 2 is 2.04 bits per heavy atom. The Balaban J connectivity index is 1.61. The number of rotatable bonds is 5. The lowest BCUT2D eigenvalue weighted by atomic mass is 10.1. The van der Waals surface area contributed by atoms with Crippen molar-refractivity contribution in [3.8, 4) is 5.69 Å². The summed E-state index contributed by atoms with van der Waals surface area (Å²) in [4.78, 5) is 24.0. The van der Waals surface area contributed by atoms with Crippen LogP contribution in [0.25, 0.3) is 5.69 Å². The molecular weight excluding hydrogens is 292 g/mol. The molecule has 7 nitrogen and oxygen atoms in total. The molecule has 0 spiro atoms. The summed E-state index contributed by atoms with van der Waals surface area (Å²) in [5.74, 6) is -0.0849. The molecule has 2 aromatic heterocycles. The molecule has 116 valence electrons. The normalized spacial score (nSPS) is 11.9. The van der Waals surface area contributed by atoms with Gasteiger partial charge in [0.15, 0.2) is 0 Å². The highest BCUT2D eigenvalue weighted by Gasteiger charge is 2.11. The van der Waals surface area contributed by atoms with Crippen LogP contribution in [-0.4, -0.2) is 30.6 Å². The van der Waals surface area contributed by atoms with Crippen LogP contribution in [0.5, 0.6) is 0 Å². The van der Waals surface area contributed by atoms with Crippen molar-refractivity contribution in [3.63, 3.8) is 0 Å². The van der Waals surface area contributed by atoms with Gasteiger partial charge in [-0.1, -0.05) is 12.1 Å². The molecule has 2 heterocycles. The molecule has 0 fully saturated rings. The van der Waals surface area contributed by atoms with Crippen LogP contribution in [0.4, 0.5) is 0 Å². The van der Waals surface area contributed by atoms with Crippen LogP contribution < -0.4 is 5.32 Å². The van der Waals surface area contributed by atoms with E-state index in [9.17, 15) is 4.79 Å². The Hall–Kier alpha value is -3.09. The van der Waals surface area contributed by atoms with Crippen molar-refractivity contribution in [2.75, 3.05) is 0 Å². The Kier molecular flexibility index (Phi) is 4.37. The minimum Gasteiger partial charge on any atom is -0.349 e.